The highest BCUT2D eigenvalue weighted by molar-refractivity contribution is 5.54. The normalized spacial score (nSPS) is 27.9. The van der Waals surface area contributed by atoms with Crippen LogP contribution in [0.2, 0.25) is 0 Å². The van der Waals surface area contributed by atoms with E-state index >= 15 is 0 Å². The minimum Gasteiger partial charge on any atom is -0.385 e. The molecule has 0 spiro atoms. The summed E-state index contributed by atoms with van der Waals surface area (Å²) in [5.41, 5.74) is 4.32. The number of fused-ring (bicyclic) bond motifs is 1. The summed E-state index contributed by atoms with van der Waals surface area (Å²) in [6.07, 6.45) is 2.49. The second-order valence-electron chi connectivity index (χ2n) is 6.58. The lowest BCUT2D eigenvalue weighted by Crippen LogP contribution is -2.54. The van der Waals surface area contributed by atoms with E-state index in [-0.39, 0.29) is 0 Å². The van der Waals surface area contributed by atoms with Gasteiger partial charge in [-0.2, -0.15) is 0 Å². The lowest BCUT2D eigenvalue weighted by Gasteiger charge is -2.42. The van der Waals surface area contributed by atoms with Crippen LogP contribution in [0.5, 0.6) is 0 Å². The molecule has 2 atom stereocenters. The van der Waals surface area contributed by atoms with Crippen molar-refractivity contribution in [1.29, 1.82) is 0 Å². The first kappa shape index (κ1) is 13.9. The molecule has 2 aliphatic heterocycles. The molecule has 0 bridgehead atoms. The average Bonchev–Trinajstić information content (AvgIpc) is 2.44. The molecular weight excluding hydrogens is 246 g/mol. The standard InChI is InChI=1S/C17H27N3/c1-13-10-20(11-14(2)19(13)3)12-15-6-7-17-16(9-15)5-4-8-18-17/h6-7,9,13-14,18H,4-5,8,10-12H2,1-3H3. The van der Waals surface area contributed by atoms with E-state index in [4.69, 9.17) is 0 Å². The molecular formula is C17H27N3. The van der Waals surface area contributed by atoms with Gasteiger partial charge >= 0.3 is 0 Å². The van der Waals surface area contributed by atoms with Crippen molar-refractivity contribution in [1.82, 2.24) is 9.80 Å². The van der Waals surface area contributed by atoms with Crippen LogP contribution < -0.4 is 5.32 Å². The Morgan fingerprint density at radius 1 is 1.20 bits per heavy atom. The molecule has 2 aliphatic rings. The van der Waals surface area contributed by atoms with E-state index < -0.39 is 0 Å². The molecule has 1 fully saturated rings. The second kappa shape index (κ2) is 5.74. The molecule has 0 aliphatic carbocycles. The van der Waals surface area contributed by atoms with E-state index in [1.54, 1.807) is 0 Å². The molecule has 3 rings (SSSR count). The predicted octanol–water partition coefficient (Wildman–Crippen LogP) is 2.57. The zero-order valence-electron chi connectivity index (χ0n) is 13.0. The maximum Gasteiger partial charge on any atom is 0.0372 e. The number of nitrogens with zero attached hydrogens (tertiary/aromatic N) is 2. The van der Waals surface area contributed by atoms with E-state index in [1.165, 1.54) is 42.7 Å². The van der Waals surface area contributed by atoms with Crippen molar-refractivity contribution in [2.45, 2.75) is 45.3 Å². The highest BCUT2D eigenvalue weighted by atomic mass is 15.3. The van der Waals surface area contributed by atoms with Crippen LogP contribution in [0.4, 0.5) is 5.69 Å². The van der Waals surface area contributed by atoms with Crippen LogP contribution in [-0.4, -0.2) is 48.6 Å². The Morgan fingerprint density at radius 2 is 1.95 bits per heavy atom. The third kappa shape index (κ3) is 2.84. The topological polar surface area (TPSA) is 18.5 Å². The molecule has 0 aromatic heterocycles. The number of benzene rings is 1. The molecule has 1 saturated heterocycles. The summed E-state index contributed by atoms with van der Waals surface area (Å²) in [4.78, 5) is 5.10. The summed E-state index contributed by atoms with van der Waals surface area (Å²) in [5.74, 6) is 0. The molecule has 1 aromatic carbocycles. The van der Waals surface area contributed by atoms with Crippen molar-refractivity contribution >= 4 is 5.69 Å². The van der Waals surface area contributed by atoms with Crippen LogP contribution >= 0.6 is 0 Å². The Hall–Kier alpha value is -1.06. The van der Waals surface area contributed by atoms with Gasteiger partial charge in [-0.05, 0) is 50.9 Å². The number of likely N-dealkylation sites (N-methyl/N-ethyl adjacent to an activating group) is 1. The molecule has 2 unspecified atom stereocenters. The lowest BCUT2D eigenvalue weighted by molar-refractivity contribution is 0.0556. The molecule has 1 aromatic rings. The Balaban J connectivity index is 1.68. The Labute approximate surface area is 123 Å². The summed E-state index contributed by atoms with van der Waals surface area (Å²) >= 11 is 0. The number of hydrogen-bond donors (Lipinski definition) is 1. The fourth-order valence-electron chi connectivity index (χ4n) is 3.53. The fourth-order valence-corrected chi connectivity index (χ4v) is 3.53. The van der Waals surface area contributed by atoms with Crippen molar-refractivity contribution in [3.63, 3.8) is 0 Å². The van der Waals surface area contributed by atoms with Gasteiger partial charge in [-0.15, -0.1) is 0 Å². The maximum atomic E-state index is 3.49. The van der Waals surface area contributed by atoms with Crippen LogP contribution in [-0.2, 0) is 13.0 Å². The van der Waals surface area contributed by atoms with Crippen LogP contribution in [0.1, 0.15) is 31.4 Å². The van der Waals surface area contributed by atoms with Crippen molar-refractivity contribution in [3.8, 4) is 0 Å². The van der Waals surface area contributed by atoms with Crippen molar-refractivity contribution in [3.05, 3.63) is 29.3 Å². The molecule has 2 heterocycles. The first-order chi connectivity index (χ1) is 9.63. The Kier molecular flexibility index (Phi) is 3.99. The molecule has 3 nitrogen and oxygen atoms in total. The zero-order valence-corrected chi connectivity index (χ0v) is 13.0. The van der Waals surface area contributed by atoms with Gasteiger partial charge in [0.1, 0.15) is 0 Å². The predicted molar refractivity (Wildman–Crippen MR) is 85.2 cm³/mol. The third-order valence-corrected chi connectivity index (χ3v) is 4.95. The van der Waals surface area contributed by atoms with Crippen LogP contribution in [0.15, 0.2) is 18.2 Å². The SMILES string of the molecule is CC1CN(Cc2ccc3c(c2)CCCN3)CC(C)N1C. The molecule has 0 saturated carbocycles. The first-order valence-corrected chi connectivity index (χ1v) is 7.93. The van der Waals surface area contributed by atoms with Crippen molar-refractivity contribution in [2.24, 2.45) is 0 Å². The highest BCUT2D eigenvalue weighted by Gasteiger charge is 2.26. The summed E-state index contributed by atoms with van der Waals surface area (Å²) in [5, 5.41) is 3.49. The van der Waals surface area contributed by atoms with Gasteiger partial charge < -0.3 is 5.32 Å². The number of aryl methyl sites for hydroxylation is 1. The summed E-state index contributed by atoms with van der Waals surface area (Å²) < 4.78 is 0. The van der Waals surface area contributed by atoms with Gasteiger partial charge in [0.15, 0.2) is 0 Å². The first-order valence-electron chi connectivity index (χ1n) is 7.93. The largest absolute Gasteiger partial charge is 0.385 e. The number of rotatable bonds is 2. The van der Waals surface area contributed by atoms with Crippen LogP contribution in [0.3, 0.4) is 0 Å². The van der Waals surface area contributed by atoms with Crippen molar-refractivity contribution in [2.75, 3.05) is 32.0 Å². The highest BCUT2D eigenvalue weighted by Crippen LogP contribution is 2.24. The van der Waals surface area contributed by atoms with E-state index in [2.05, 4.69) is 54.2 Å². The fraction of sp³-hybridized carbons (Fsp3) is 0.647. The molecule has 1 N–H and O–H groups in total. The molecule has 0 radical (unpaired) electrons. The minimum atomic E-state index is 0.651. The van der Waals surface area contributed by atoms with Gasteiger partial charge in [-0.1, -0.05) is 12.1 Å². The third-order valence-electron chi connectivity index (χ3n) is 4.95. The smallest absolute Gasteiger partial charge is 0.0372 e. The van der Waals surface area contributed by atoms with Gasteiger partial charge in [0, 0.05) is 44.0 Å². The van der Waals surface area contributed by atoms with Gasteiger partial charge in [-0.25, -0.2) is 0 Å². The maximum absolute atomic E-state index is 3.49. The van der Waals surface area contributed by atoms with Gasteiger partial charge in [0.05, 0.1) is 0 Å². The monoisotopic (exact) mass is 273 g/mol. The van der Waals surface area contributed by atoms with Crippen LogP contribution in [0, 0.1) is 0 Å². The van der Waals surface area contributed by atoms with Gasteiger partial charge in [-0.3, -0.25) is 9.80 Å². The lowest BCUT2D eigenvalue weighted by atomic mass is 10.00. The van der Waals surface area contributed by atoms with E-state index in [1.807, 2.05) is 0 Å². The quantitative estimate of drug-likeness (QED) is 0.893. The van der Waals surface area contributed by atoms with Crippen molar-refractivity contribution < 1.29 is 0 Å². The second-order valence-corrected chi connectivity index (χ2v) is 6.58. The Morgan fingerprint density at radius 3 is 2.70 bits per heavy atom. The van der Waals surface area contributed by atoms with Gasteiger partial charge in [0.25, 0.3) is 0 Å². The molecule has 110 valence electrons. The van der Waals surface area contributed by atoms with E-state index in [9.17, 15) is 0 Å². The summed E-state index contributed by atoms with van der Waals surface area (Å²) in [7, 11) is 2.25. The number of hydrogen-bond acceptors (Lipinski definition) is 3. The number of anilines is 1. The van der Waals surface area contributed by atoms with Crippen LogP contribution in [0.25, 0.3) is 0 Å². The molecule has 0 amide bonds. The number of nitrogens with one attached hydrogen (secondary N) is 1. The minimum absolute atomic E-state index is 0.651. The van der Waals surface area contributed by atoms with E-state index in [0.29, 0.717) is 12.1 Å². The summed E-state index contributed by atoms with van der Waals surface area (Å²) in [6.45, 7) is 9.24. The molecule has 20 heavy (non-hydrogen) atoms. The number of piperazine rings is 1. The molecule has 3 heteroatoms. The summed E-state index contributed by atoms with van der Waals surface area (Å²) in [6, 6.07) is 8.28. The average molecular weight is 273 g/mol. The van der Waals surface area contributed by atoms with Gasteiger partial charge in [0.2, 0.25) is 0 Å². The Bertz CT molecular complexity index is 459. The zero-order chi connectivity index (χ0) is 14.1. The van der Waals surface area contributed by atoms with E-state index in [0.717, 1.165) is 13.1 Å².